The highest BCUT2D eigenvalue weighted by atomic mass is 32.1. The molecule has 8 heteroatoms. The fourth-order valence-electron chi connectivity index (χ4n) is 2.89. The molecule has 0 bridgehead atoms. The van der Waals surface area contributed by atoms with E-state index in [1.54, 1.807) is 18.4 Å². The van der Waals surface area contributed by atoms with E-state index < -0.39 is 0 Å². The van der Waals surface area contributed by atoms with E-state index in [1.165, 1.54) is 11.3 Å². The van der Waals surface area contributed by atoms with Crippen LogP contribution in [0.15, 0.2) is 41.1 Å². The zero-order chi connectivity index (χ0) is 17.8. The van der Waals surface area contributed by atoms with Crippen LogP contribution in [0.25, 0.3) is 11.5 Å². The van der Waals surface area contributed by atoms with E-state index in [9.17, 15) is 4.79 Å². The SMILES string of the molecule is O=C(c1sc(NOCc2ccc[nH]2)nc1-c1ccco1)C1CCOCC1. The highest BCUT2D eigenvalue weighted by Crippen LogP contribution is 2.35. The van der Waals surface area contributed by atoms with Crippen molar-refractivity contribution in [1.29, 1.82) is 0 Å². The van der Waals surface area contributed by atoms with Crippen molar-refractivity contribution in [3.05, 3.63) is 47.3 Å². The molecule has 1 saturated heterocycles. The molecule has 0 amide bonds. The molecule has 0 spiro atoms. The van der Waals surface area contributed by atoms with Crippen molar-refractivity contribution in [3.63, 3.8) is 0 Å². The van der Waals surface area contributed by atoms with Gasteiger partial charge in [-0.15, -0.1) is 0 Å². The van der Waals surface area contributed by atoms with Crippen molar-refractivity contribution >= 4 is 22.3 Å². The summed E-state index contributed by atoms with van der Waals surface area (Å²) >= 11 is 1.29. The molecule has 0 aromatic carbocycles. The van der Waals surface area contributed by atoms with Gasteiger partial charge < -0.3 is 14.1 Å². The zero-order valence-electron chi connectivity index (χ0n) is 14.1. The van der Waals surface area contributed by atoms with E-state index in [0.717, 1.165) is 18.5 Å². The van der Waals surface area contributed by atoms with Gasteiger partial charge in [0.05, 0.1) is 6.26 Å². The minimum Gasteiger partial charge on any atom is -0.463 e. The number of H-pyrrole nitrogens is 1. The normalized spacial score (nSPS) is 15.2. The van der Waals surface area contributed by atoms with Gasteiger partial charge in [0.1, 0.15) is 17.2 Å². The summed E-state index contributed by atoms with van der Waals surface area (Å²) in [6.45, 7) is 1.61. The van der Waals surface area contributed by atoms with Crippen LogP contribution in [0.2, 0.25) is 0 Å². The van der Waals surface area contributed by atoms with Crippen molar-refractivity contribution in [3.8, 4) is 11.5 Å². The maximum atomic E-state index is 13.0. The third-order valence-electron chi connectivity index (χ3n) is 4.25. The van der Waals surface area contributed by atoms with E-state index in [-0.39, 0.29) is 11.7 Å². The van der Waals surface area contributed by atoms with Crippen molar-refractivity contribution in [2.45, 2.75) is 19.4 Å². The number of hydrogen-bond acceptors (Lipinski definition) is 7. The maximum absolute atomic E-state index is 13.0. The number of Topliss-reactive ketones (excluding diaryl/α,β-unsaturated/α-hetero) is 1. The molecule has 3 aromatic heterocycles. The Hall–Kier alpha value is -2.42. The molecule has 0 atom stereocenters. The van der Waals surface area contributed by atoms with Crippen molar-refractivity contribution < 1.29 is 18.8 Å². The molecule has 7 nitrogen and oxygen atoms in total. The Kier molecular flexibility index (Phi) is 5.14. The Balaban J connectivity index is 1.53. The van der Waals surface area contributed by atoms with Gasteiger partial charge in [-0.05, 0) is 37.1 Å². The first-order valence-corrected chi connectivity index (χ1v) is 9.29. The Labute approximate surface area is 154 Å². The van der Waals surface area contributed by atoms with Crippen molar-refractivity contribution in [2.75, 3.05) is 18.7 Å². The molecule has 0 unspecified atom stereocenters. The minimum atomic E-state index is -0.0365. The van der Waals surface area contributed by atoms with Gasteiger partial charge in [0.25, 0.3) is 0 Å². The fourth-order valence-corrected chi connectivity index (χ4v) is 3.83. The molecule has 1 aliphatic rings. The van der Waals surface area contributed by atoms with Crippen molar-refractivity contribution in [2.24, 2.45) is 5.92 Å². The van der Waals surface area contributed by atoms with Crippen LogP contribution in [0.4, 0.5) is 5.13 Å². The zero-order valence-corrected chi connectivity index (χ0v) is 14.9. The number of ketones is 1. The number of nitrogens with zero attached hydrogens (tertiary/aromatic N) is 1. The molecule has 2 N–H and O–H groups in total. The molecule has 1 fully saturated rings. The molecule has 0 saturated carbocycles. The van der Waals surface area contributed by atoms with Crippen LogP contribution in [0.3, 0.4) is 0 Å². The van der Waals surface area contributed by atoms with Crippen LogP contribution in [0.5, 0.6) is 0 Å². The van der Waals surface area contributed by atoms with E-state index >= 15 is 0 Å². The molecule has 0 radical (unpaired) electrons. The Morgan fingerprint density at radius 2 is 2.23 bits per heavy atom. The Morgan fingerprint density at radius 1 is 1.35 bits per heavy atom. The van der Waals surface area contributed by atoms with Gasteiger partial charge in [0, 0.05) is 31.0 Å². The standard InChI is InChI=1S/C18H19N3O4S/c22-16(12-5-9-23-10-6-12)17-15(14-4-2-8-24-14)20-18(26-17)21-25-11-13-3-1-7-19-13/h1-4,7-8,12,19H,5-6,9-11H2,(H,20,21). The lowest BCUT2D eigenvalue weighted by atomic mass is 9.94. The first-order chi connectivity index (χ1) is 12.8. The summed E-state index contributed by atoms with van der Waals surface area (Å²) in [4.78, 5) is 26.6. The average molecular weight is 373 g/mol. The quantitative estimate of drug-likeness (QED) is 0.482. The van der Waals surface area contributed by atoms with Crippen molar-refractivity contribution in [1.82, 2.24) is 9.97 Å². The Bertz CT molecular complexity index is 836. The number of thiazole rings is 1. The van der Waals surface area contributed by atoms with Gasteiger partial charge in [-0.1, -0.05) is 11.3 Å². The lowest BCUT2D eigenvalue weighted by Crippen LogP contribution is -2.23. The number of carbonyl (C=O) groups excluding carboxylic acids is 1. The monoisotopic (exact) mass is 373 g/mol. The van der Waals surface area contributed by atoms with Gasteiger partial charge in [-0.2, -0.15) is 0 Å². The number of carbonyl (C=O) groups is 1. The first-order valence-electron chi connectivity index (χ1n) is 8.48. The highest BCUT2D eigenvalue weighted by Gasteiger charge is 2.29. The van der Waals surface area contributed by atoms with Gasteiger partial charge in [-0.25, -0.2) is 10.5 Å². The number of hydrogen-bond donors (Lipinski definition) is 2. The van der Waals surface area contributed by atoms with E-state index in [2.05, 4.69) is 15.4 Å². The second-order valence-corrected chi connectivity index (χ2v) is 7.01. The molecule has 1 aliphatic heterocycles. The van der Waals surface area contributed by atoms with E-state index in [1.807, 2.05) is 18.3 Å². The summed E-state index contributed by atoms with van der Waals surface area (Å²) in [5.74, 6) is 0.634. The maximum Gasteiger partial charge on any atom is 0.208 e. The molecular weight excluding hydrogens is 354 g/mol. The number of ether oxygens (including phenoxy) is 1. The van der Waals surface area contributed by atoms with Gasteiger partial charge >= 0.3 is 0 Å². The number of aromatic nitrogens is 2. The van der Waals surface area contributed by atoms with Crippen LogP contribution < -0.4 is 5.48 Å². The Morgan fingerprint density at radius 3 is 2.96 bits per heavy atom. The third kappa shape index (κ3) is 3.72. The second-order valence-electron chi connectivity index (χ2n) is 6.01. The lowest BCUT2D eigenvalue weighted by molar-refractivity contribution is 0.0547. The van der Waals surface area contributed by atoms with Gasteiger partial charge in [0.15, 0.2) is 11.5 Å². The molecule has 4 heterocycles. The largest absolute Gasteiger partial charge is 0.463 e. The van der Waals surface area contributed by atoms with E-state index in [4.69, 9.17) is 14.0 Å². The molecule has 4 rings (SSSR count). The number of furan rings is 1. The number of nitrogens with one attached hydrogen (secondary N) is 2. The summed E-state index contributed by atoms with van der Waals surface area (Å²) in [6.07, 6.45) is 4.88. The topological polar surface area (TPSA) is 89.4 Å². The third-order valence-corrected chi connectivity index (χ3v) is 5.21. The summed E-state index contributed by atoms with van der Waals surface area (Å²) in [7, 11) is 0. The van der Waals surface area contributed by atoms with Gasteiger partial charge in [0.2, 0.25) is 5.13 Å². The smallest absolute Gasteiger partial charge is 0.208 e. The van der Waals surface area contributed by atoms with Crippen LogP contribution in [-0.4, -0.2) is 29.0 Å². The number of rotatable bonds is 7. The second kappa shape index (κ2) is 7.86. The first kappa shape index (κ1) is 17.0. The minimum absolute atomic E-state index is 0.0365. The van der Waals surface area contributed by atoms with Crippen LogP contribution in [0.1, 0.15) is 28.2 Å². The summed E-state index contributed by atoms with van der Waals surface area (Å²) in [6, 6.07) is 7.42. The predicted octanol–water partition coefficient (Wildman–Crippen LogP) is 3.88. The van der Waals surface area contributed by atoms with Crippen LogP contribution in [-0.2, 0) is 16.2 Å². The molecule has 0 aliphatic carbocycles. The fraction of sp³-hybridized carbons (Fsp3) is 0.333. The van der Waals surface area contributed by atoms with Crippen LogP contribution >= 0.6 is 11.3 Å². The molecular formula is C18H19N3O4S. The number of aromatic amines is 1. The summed E-state index contributed by atoms with van der Waals surface area (Å²) in [5.41, 5.74) is 4.33. The molecule has 3 aromatic rings. The summed E-state index contributed by atoms with van der Waals surface area (Å²) in [5, 5.41) is 0.526. The molecule has 136 valence electrons. The lowest BCUT2D eigenvalue weighted by Gasteiger charge is -2.20. The number of anilines is 1. The predicted molar refractivity (Wildman–Crippen MR) is 96.9 cm³/mol. The van der Waals surface area contributed by atoms with Crippen LogP contribution in [0, 0.1) is 5.92 Å². The summed E-state index contributed by atoms with van der Waals surface area (Å²) < 4.78 is 10.8. The highest BCUT2D eigenvalue weighted by molar-refractivity contribution is 7.18. The van der Waals surface area contributed by atoms with Gasteiger partial charge in [-0.3, -0.25) is 9.63 Å². The molecule has 26 heavy (non-hydrogen) atoms. The van der Waals surface area contributed by atoms with E-state index in [0.29, 0.717) is 41.3 Å². The average Bonchev–Trinajstić information content (AvgIpc) is 3.43.